The SMILES string of the molecule is CCc1cc2c(=O)n(CC(=O)N(Cc3ccccc3)C3CCN(C)CC3)cnc2s1. The summed E-state index contributed by atoms with van der Waals surface area (Å²) in [6.45, 7) is 4.61. The molecule has 158 valence electrons. The molecule has 2 aromatic heterocycles. The average Bonchev–Trinajstić information content (AvgIpc) is 3.20. The Bertz CT molecular complexity index is 1070. The van der Waals surface area contributed by atoms with E-state index in [9.17, 15) is 9.59 Å². The fraction of sp³-hybridized carbons (Fsp3) is 0.435. The van der Waals surface area contributed by atoms with Crippen molar-refractivity contribution >= 4 is 27.5 Å². The summed E-state index contributed by atoms with van der Waals surface area (Å²) in [4.78, 5) is 36.9. The van der Waals surface area contributed by atoms with Crippen LogP contribution in [0.3, 0.4) is 0 Å². The zero-order chi connectivity index (χ0) is 21.1. The van der Waals surface area contributed by atoms with Gasteiger partial charge in [-0.2, -0.15) is 0 Å². The zero-order valence-corrected chi connectivity index (χ0v) is 18.4. The lowest BCUT2D eigenvalue weighted by molar-refractivity contribution is -0.136. The second-order valence-corrected chi connectivity index (χ2v) is 9.12. The zero-order valence-electron chi connectivity index (χ0n) is 17.6. The number of thiophene rings is 1. The molecule has 1 aliphatic heterocycles. The summed E-state index contributed by atoms with van der Waals surface area (Å²) in [5.74, 6) is -0.0254. The van der Waals surface area contributed by atoms with Gasteiger partial charge in [0.1, 0.15) is 11.4 Å². The van der Waals surface area contributed by atoms with Crippen LogP contribution in [0.1, 0.15) is 30.2 Å². The molecule has 0 bridgehead atoms. The van der Waals surface area contributed by atoms with Crippen LogP contribution < -0.4 is 5.56 Å². The van der Waals surface area contributed by atoms with E-state index in [1.807, 2.05) is 41.3 Å². The molecular formula is C23H28N4O2S. The minimum Gasteiger partial charge on any atom is -0.334 e. The van der Waals surface area contributed by atoms with E-state index < -0.39 is 0 Å². The molecule has 0 unspecified atom stereocenters. The van der Waals surface area contributed by atoms with Crippen molar-refractivity contribution in [3.05, 3.63) is 63.5 Å². The predicted molar refractivity (Wildman–Crippen MR) is 121 cm³/mol. The third-order valence-electron chi connectivity index (χ3n) is 5.87. The van der Waals surface area contributed by atoms with E-state index >= 15 is 0 Å². The van der Waals surface area contributed by atoms with Crippen LogP contribution in [0.25, 0.3) is 10.2 Å². The first-order valence-electron chi connectivity index (χ1n) is 10.5. The predicted octanol–water partition coefficient (Wildman–Crippen LogP) is 3.14. The lowest BCUT2D eigenvalue weighted by Crippen LogP contribution is -2.47. The summed E-state index contributed by atoms with van der Waals surface area (Å²) in [5.41, 5.74) is 0.975. The second kappa shape index (κ2) is 9.10. The number of aryl methyl sites for hydroxylation is 1. The number of aromatic nitrogens is 2. The summed E-state index contributed by atoms with van der Waals surface area (Å²) in [6.07, 6.45) is 4.30. The summed E-state index contributed by atoms with van der Waals surface area (Å²) in [6, 6.07) is 12.2. The van der Waals surface area contributed by atoms with Gasteiger partial charge < -0.3 is 9.80 Å². The third-order valence-corrected chi connectivity index (χ3v) is 7.06. The molecule has 30 heavy (non-hydrogen) atoms. The van der Waals surface area contributed by atoms with Crippen molar-refractivity contribution in [2.24, 2.45) is 0 Å². The second-order valence-electron chi connectivity index (χ2n) is 8.00. The van der Waals surface area contributed by atoms with Crippen molar-refractivity contribution in [1.29, 1.82) is 0 Å². The molecule has 0 saturated carbocycles. The molecule has 6 nitrogen and oxygen atoms in total. The summed E-state index contributed by atoms with van der Waals surface area (Å²) < 4.78 is 1.46. The molecule has 4 rings (SSSR count). The molecule has 3 heterocycles. The molecule has 1 fully saturated rings. The lowest BCUT2D eigenvalue weighted by Gasteiger charge is -2.37. The van der Waals surface area contributed by atoms with Crippen molar-refractivity contribution in [3.8, 4) is 0 Å². The Morgan fingerprint density at radius 3 is 2.67 bits per heavy atom. The van der Waals surface area contributed by atoms with E-state index in [0.29, 0.717) is 11.9 Å². The van der Waals surface area contributed by atoms with E-state index in [1.165, 1.54) is 10.9 Å². The lowest BCUT2D eigenvalue weighted by atomic mass is 10.0. The highest BCUT2D eigenvalue weighted by Gasteiger charge is 2.27. The quantitative estimate of drug-likeness (QED) is 0.610. The highest BCUT2D eigenvalue weighted by atomic mass is 32.1. The van der Waals surface area contributed by atoms with Gasteiger partial charge in [-0.25, -0.2) is 4.98 Å². The molecule has 0 radical (unpaired) electrons. The fourth-order valence-electron chi connectivity index (χ4n) is 4.04. The van der Waals surface area contributed by atoms with Crippen LogP contribution in [-0.2, 0) is 24.3 Å². The smallest absolute Gasteiger partial charge is 0.262 e. The van der Waals surface area contributed by atoms with Gasteiger partial charge in [0.2, 0.25) is 5.91 Å². The van der Waals surface area contributed by atoms with Gasteiger partial charge in [-0.1, -0.05) is 37.3 Å². The largest absolute Gasteiger partial charge is 0.334 e. The number of nitrogens with zero attached hydrogens (tertiary/aromatic N) is 4. The molecule has 1 amide bonds. The average molecular weight is 425 g/mol. The van der Waals surface area contributed by atoms with Crippen LogP contribution in [0.5, 0.6) is 0 Å². The normalized spacial score (nSPS) is 15.5. The van der Waals surface area contributed by atoms with E-state index in [0.717, 1.165) is 47.6 Å². The first-order valence-corrected chi connectivity index (χ1v) is 11.4. The number of piperidine rings is 1. The Hall–Kier alpha value is -2.51. The van der Waals surface area contributed by atoms with E-state index in [-0.39, 0.29) is 24.1 Å². The number of rotatable bonds is 6. The van der Waals surface area contributed by atoms with E-state index in [4.69, 9.17) is 0 Å². The first-order chi connectivity index (χ1) is 14.5. The maximum atomic E-state index is 13.4. The minimum absolute atomic E-state index is 0.0254. The van der Waals surface area contributed by atoms with Gasteiger partial charge in [-0.3, -0.25) is 14.2 Å². The molecule has 0 atom stereocenters. The summed E-state index contributed by atoms with van der Waals surface area (Å²) in [7, 11) is 2.12. The van der Waals surface area contributed by atoms with Gasteiger partial charge in [-0.15, -0.1) is 11.3 Å². The standard InChI is InChI=1S/C23H28N4O2S/c1-3-19-13-20-22(30-19)24-16-26(23(20)29)15-21(28)27(14-17-7-5-4-6-8-17)18-9-11-25(2)12-10-18/h4-8,13,16,18H,3,9-12,14-15H2,1-2H3. The number of hydrogen-bond acceptors (Lipinski definition) is 5. The Morgan fingerprint density at radius 2 is 1.97 bits per heavy atom. The van der Waals surface area contributed by atoms with Gasteiger partial charge in [-0.05, 0) is 51.0 Å². The Morgan fingerprint density at radius 1 is 1.23 bits per heavy atom. The van der Waals surface area contributed by atoms with Crippen molar-refractivity contribution < 1.29 is 4.79 Å². The Balaban J connectivity index is 1.59. The Labute approximate surface area is 180 Å². The van der Waals surface area contributed by atoms with Crippen LogP contribution in [-0.4, -0.2) is 51.4 Å². The first kappa shape index (κ1) is 20.8. The monoisotopic (exact) mass is 424 g/mol. The van der Waals surface area contributed by atoms with Gasteiger partial charge in [0.25, 0.3) is 5.56 Å². The summed E-state index contributed by atoms with van der Waals surface area (Å²) >= 11 is 1.55. The number of carbonyl (C=O) groups is 1. The number of hydrogen-bond donors (Lipinski definition) is 0. The number of benzene rings is 1. The van der Waals surface area contributed by atoms with Crippen molar-refractivity contribution in [2.75, 3.05) is 20.1 Å². The maximum absolute atomic E-state index is 13.4. The highest BCUT2D eigenvalue weighted by molar-refractivity contribution is 7.18. The third kappa shape index (κ3) is 4.47. The molecule has 0 N–H and O–H groups in total. The fourth-order valence-corrected chi connectivity index (χ4v) is 4.97. The van der Waals surface area contributed by atoms with Crippen LogP contribution in [0, 0.1) is 0 Å². The number of likely N-dealkylation sites (tertiary alicyclic amines) is 1. The molecule has 1 aliphatic rings. The molecule has 0 aliphatic carbocycles. The molecule has 1 saturated heterocycles. The van der Waals surface area contributed by atoms with Gasteiger partial charge in [0.05, 0.1) is 11.7 Å². The van der Waals surface area contributed by atoms with Gasteiger partial charge in [0.15, 0.2) is 0 Å². The minimum atomic E-state index is -0.132. The van der Waals surface area contributed by atoms with E-state index in [2.05, 4.69) is 23.9 Å². The molecular weight excluding hydrogens is 396 g/mol. The van der Waals surface area contributed by atoms with Crippen molar-refractivity contribution in [2.45, 2.75) is 45.3 Å². The topological polar surface area (TPSA) is 58.4 Å². The van der Waals surface area contributed by atoms with Crippen LogP contribution >= 0.6 is 11.3 Å². The van der Waals surface area contributed by atoms with Crippen LogP contribution in [0.15, 0.2) is 47.5 Å². The molecule has 7 heteroatoms. The van der Waals surface area contributed by atoms with Crippen molar-refractivity contribution in [3.63, 3.8) is 0 Å². The summed E-state index contributed by atoms with van der Waals surface area (Å²) in [5, 5.41) is 0.612. The maximum Gasteiger partial charge on any atom is 0.262 e. The van der Waals surface area contributed by atoms with Gasteiger partial charge >= 0.3 is 0 Å². The number of amides is 1. The molecule has 3 aromatic rings. The van der Waals surface area contributed by atoms with Crippen LogP contribution in [0.4, 0.5) is 0 Å². The van der Waals surface area contributed by atoms with Gasteiger partial charge in [0, 0.05) is 17.5 Å². The number of carbonyl (C=O) groups excluding carboxylic acids is 1. The molecule has 1 aromatic carbocycles. The number of fused-ring (bicyclic) bond motifs is 1. The Kier molecular flexibility index (Phi) is 6.29. The van der Waals surface area contributed by atoms with E-state index in [1.54, 1.807) is 11.3 Å². The highest BCUT2D eigenvalue weighted by Crippen LogP contribution is 2.22. The van der Waals surface area contributed by atoms with Crippen LogP contribution in [0.2, 0.25) is 0 Å². The molecule has 0 spiro atoms. The van der Waals surface area contributed by atoms with Crippen molar-refractivity contribution in [1.82, 2.24) is 19.4 Å².